The van der Waals surface area contributed by atoms with Crippen LogP contribution in [0.4, 0.5) is 10.2 Å². The third-order valence-electron chi connectivity index (χ3n) is 5.90. The molecule has 9 heteroatoms. The Morgan fingerprint density at radius 3 is 2.55 bits per heavy atom. The van der Waals surface area contributed by atoms with Crippen molar-refractivity contribution in [2.24, 2.45) is 0 Å². The lowest BCUT2D eigenvalue weighted by atomic mass is 10.0. The zero-order valence-corrected chi connectivity index (χ0v) is 18.1. The number of piperidine rings is 1. The van der Waals surface area contributed by atoms with E-state index in [0.717, 1.165) is 42.4 Å². The molecule has 0 aliphatic carbocycles. The van der Waals surface area contributed by atoms with Gasteiger partial charge in [-0.15, -0.1) is 0 Å². The van der Waals surface area contributed by atoms with Crippen LogP contribution in [-0.4, -0.2) is 51.2 Å². The number of ether oxygens (including phenoxy) is 1. The van der Waals surface area contributed by atoms with Crippen molar-refractivity contribution in [1.29, 1.82) is 0 Å². The van der Waals surface area contributed by atoms with E-state index in [-0.39, 0.29) is 11.6 Å². The van der Waals surface area contributed by atoms with Crippen molar-refractivity contribution in [2.75, 3.05) is 25.0 Å². The SMILES string of the molecule is O=C(Nc1cc(-c2c(-c3ccc(F)cc3)nn3c2OCCC3)ccn1)C(=O)N1CCCCC1. The lowest BCUT2D eigenvalue weighted by molar-refractivity contribution is -0.143. The first-order valence-electron chi connectivity index (χ1n) is 11.2. The fraction of sp³-hybridized carbons (Fsp3) is 0.333. The van der Waals surface area contributed by atoms with E-state index in [1.54, 1.807) is 40.0 Å². The van der Waals surface area contributed by atoms with Crippen molar-refractivity contribution >= 4 is 17.6 Å². The molecule has 5 rings (SSSR count). The maximum atomic E-state index is 13.5. The van der Waals surface area contributed by atoms with Gasteiger partial charge in [0.2, 0.25) is 5.88 Å². The molecule has 1 aromatic carbocycles. The van der Waals surface area contributed by atoms with Crippen LogP contribution in [0, 0.1) is 5.82 Å². The lowest BCUT2D eigenvalue weighted by Crippen LogP contribution is -2.42. The Bertz CT molecular complexity index is 1190. The molecule has 1 fully saturated rings. The van der Waals surface area contributed by atoms with E-state index in [2.05, 4.69) is 10.3 Å². The molecule has 2 aliphatic rings. The number of carbonyl (C=O) groups is 2. The molecule has 170 valence electrons. The van der Waals surface area contributed by atoms with E-state index in [4.69, 9.17) is 9.84 Å². The van der Waals surface area contributed by atoms with Gasteiger partial charge in [-0.3, -0.25) is 9.59 Å². The molecule has 0 atom stereocenters. The van der Waals surface area contributed by atoms with Crippen LogP contribution in [0.1, 0.15) is 25.7 Å². The van der Waals surface area contributed by atoms with Crippen LogP contribution in [0.5, 0.6) is 5.88 Å². The summed E-state index contributed by atoms with van der Waals surface area (Å²) in [7, 11) is 0. The first-order chi connectivity index (χ1) is 16.1. The molecule has 0 spiro atoms. The van der Waals surface area contributed by atoms with Gasteiger partial charge in [-0.05, 0) is 61.2 Å². The summed E-state index contributed by atoms with van der Waals surface area (Å²) in [6, 6.07) is 9.63. The summed E-state index contributed by atoms with van der Waals surface area (Å²) < 4.78 is 21.2. The summed E-state index contributed by atoms with van der Waals surface area (Å²) in [5.74, 6) is -0.682. The highest BCUT2D eigenvalue weighted by Crippen LogP contribution is 2.41. The number of amides is 2. The number of likely N-dealkylation sites (tertiary alicyclic amines) is 1. The summed E-state index contributed by atoms with van der Waals surface area (Å²) in [5.41, 5.74) is 2.87. The standard InChI is InChI=1S/C24H24FN5O3/c25-18-7-5-16(6-8-18)21-20(24-30(28-21)13-4-14-33-24)17-9-10-26-19(15-17)27-22(31)23(32)29-11-2-1-3-12-29/h5-10,15H,1-4,11-14H2,(H,26,27,31). The number of aromatic nitrogens is 3. The average Bonchev–Trinajstić information content (AvgIpc) is 3.24. The van der Waals surface area contributed by atoms with E-state index in [0.29, 0.717) is 37.8 Å². The Labute approximate surface area is 190 Å². The number of halogens is 1. The van der Waals surface area contributed by atoms with Crippen LogP contribution < -0.4 is 10.1 Å². The molecule has 3 aromatic rings. The summed E-state index contributed by atoms with van der Waals surface area (Å²) in [5, 5.41) is 7.34. The van der Waals surface area contributed by atoms with E-state index in [9.17, 15) is 14.0 Å². The molecular weight excluding hydrogens is 425 g/mol. The quantitative estimate of drug-likeness (QED) is 0.619. The van der Waals surface area contributed by atoms with E-state index >= 15 is 0 Å². The lowest BCUT2D eigenvalue weighted by Gasteiger charge is -2.25. The van der Waals surface area contributed by atoms with Gasteiger partial charge >= 0.3 is 11.8 Å². The zero-order valence-electron chi connectivity index (χ0n) is 18.1. The minimum atomic E-state index is -0.700. The summed E-state index contributed by atoms with van der Waals surface area (Å²) >= 11 is 0. The molecule has 0 saturated carbocycles. The number of nitrogens with one attached hydrogen (secondary N) is 1. The van der Waals surface area contributed by atoms with Crippen molar-refractivity contribution in [3.8, 4) is 28.3 Å². The van der Waals surface area contributed by atoms with Gasteiger partial charge in [0, 0.05) is 37.8 Å². The van der Waals surface area contributed by atoms with Gasteiger partial charge in [-0.1, -0.05) is 0 Å². The number of nitrogens with zero attached hydrogens (tertiary/aromatic N) is 4. The number of pyridine rings is 1. The summed E-state index contributed by atoms with van der Waals surface area (Å²) in [6.45, 7) is 2.48. The summed E-state index contributed by atoms with van der Waals surface area (Å²) in [4.78, 5) is 30.8. The zero-order chi connectivity index (χ0) is 22.8. The number of hydrogen-bond acceptors (Lipinski definition) is 5. The molecule has 4 heterocycles. The van der Waals surface area contributed by atoms with Crippen LogP contribution in [0.25, 0.3) is 22.4 Å². The van der Waals surface area contributed by atoms with Gasteiger partial charge < -0.3 is 15.0 Å². The second-order valence-corrected chi connectivity index (χ2v) is 8.20. The molecular formula is C24H24FN5O3. The van der Waals surface area contributed by atoms with Gasteiger partial charge in [0.1, 0.15) is 17.3 Å². The fourth-order valence-corrected chi connectivity index (χ4v) is 4.26. The van der Waals surface area contributed by atoms with Gasteiger partial charge in [0.05, 0.1) is 12.2 Å². The smallest absolute Gasteiger partial charge is 0.315 e. The van der Waals surface area contributed by atoms with E-state index < -0.39 is 11.8 Å². The normalized spacial score (nSPS) is 15.5. The Balaban J connectivity index is 1.47. The van der Waals surface area contributed by atoms with Gasteiger partial charge in [0.25, 0.3) is 0 Å². The first-order valence-corrected chi connectivity index (χ1v) is 11.2. The van der Waals surface area contributed by atoms with E-state index in [1.165, 1.54) is 12.1 Å². The summed E-state index contributed by atoms with van der Waals surface area (Å²) in [6.07, 6.45) is 5.30. The van der Waals surface area contributed by atoms with Crippen molar-refractivity contribution in [3.63, 3.8) is 0 Å². The number of hydrogen-bond donors (Lipinski definition) is 1. The highest BCUT2D eigenvalue weighted by atomic mass is 19.1. The first kappa shape index (κ1) is 21.1. The number of rotatable bonds is 3. The molecule has 8 nitrogen and oxygen atoms in total. The Morgan fingerprint density at radius 1 is 0.970 bits per heavy atom. The molecule has 0 bridgehead atoms. The Hall–Kier alpha value is -3.75. The van der Waals surface area contributed by atoms with Gasteiger partial charge in [-0.2, -0.15) is 5.10 Å². The fourth-order valence-electron chi connectivity index (χ4n) is 4.26. The van der Waals surface area contributed by atoms with Gasteiger partial charge in [-0.25, -0.2) is 14.1 Å². The largest absolute Gasteiger partial charge is 0.477 e. The molecule has 2 aromatic heterocycles. The highest BCUT2D eigenvalue weighted by Gasteiger charge is 2.26. The van der Waals surface area contributed by atoms with Crippen molar-refractivity contribution in [3.05, 3.63) is 48.4 Å². The minimum absolute atomic E-state index is 0.267. The molecule has 33 heavy (non-hydrogen) atoms. The topological polar surface area (TPSA) is 89.4 Å². The molecule has 1 N–H and O–H groups in total. The van der Waals surface area contributed by atoms with Crippen molar-refractivity contribution < 1.29 is 18.7 Å². The average molecular weight is 449 g/mol. The van der Waals surface area contributed by atoms with E-state index in [1.807, 2.05) is 0 Å². The molecule has 0 radical (unpaired) electrons. The molecule has 0 unspecified atom stereocenters. The Kier molecular flexibility index (Phi) is 5.77. The van der Waals surface area contributed by atoms with Crippen LogP contribution in [-0.2, 0) is 16.1 Å². The van der Waals surface area contributed by atoms with Crippen LogP contribution in [0.2, 0.25) is 0 Å². The van der Waals surface area contributed by atoms with Gasteiger partial charge in [0.15, 0.2) is 0 Å². The van der Waals surface area contributed by atoms with Crippen LogP contribution in [0.15, 0.2) is 42.6 Å². The number of anilines is 1. The molecule has 2 amide bonds. The number of fused-ring (bicyclic) bond motifs is 1. The second-order valence-electron chi connectivity index (χ2n) is 8.20. The number of aryl methyl sites for hydroxylation is 1. The maximum Gasteiger partial charge on any atom is 0.315 e. The third kappa shape index (κ3) is 4.30. The highest BCUT2D eigenvalue weighted by molar-refractivity contribution is 6.39. The maximum absolute atomic E-state index is 13.5. The number of carbonyl (C=O) groups excluding carboxylic acids is 2. The molecule has 2 aliphatic heterocycles. The number of benzene rings is 1. The molecule has 1 saturated heterocycles. The van der Waals surface area contributed by atoms with Crippen LogP contribution >= 0.6 is 0 Å². The predicted octanol–water partition coefficient (Wildman–Crippen LogP) is 3.48. The monoisotopic (exact) mass is 449 g/mol. The minimum Gasteiger partial charge on any atom is -0.477 e. The third-order valence-corrected chi connectivity index (χ3v) is 5.90. The second kappa shape index (κ2) is 9.01. The predicted molar refractivity (Wildman–Crippen MR) is 120 cm³/mol. The van der Waals surface area contributed by atoms with Crippen molar-refractivity contribution in [1.82, 2.24) is 19.7 Å². The van der Waals surface area contributed by atoms with Crippen molar-refractivity contribution in [2.45, 2.75) is 32.2 Å². The Morgan fingerprint density at radius 2 is 1.76 bits per heavy atom. The van der Waals surface area contributed by atoms with Crippen LogP contribution in [0.3, 0.4) is 0 Å².